The van der Waals surface area contributed by atoms with Gasteiger partial charge in [0, 0.05) is 23.6 Å². The molecule has 3 rings (SSSR count). The molecule has 1 fully saturated rings. The quantitative estimate of drug-likeness (QED) is 0.904. The number of benzene rings is 1. The maximum absolute atomic E-state index is 12.6. The minimum Gasteiger partial charge on any atom is -0.481 e. The first-order valence-electron chi connectivity index (χ1n) is 8.13. The number of aliphatic carboxylic acids is 1. The van der Waals surface area contributed by atoms with Crippen LogP contribution in [0.25, 0.3) is 5.69 Å². The van der Waals surface area contributed by atoms with Gasteiger partial charge < -0.3 is 15.0 Å². The molecule has 126 valence electrons. The Bertz CT molecular complexity index is 724. The van der Waals surface area contributed by atoms with Gasteiger partial charge in [0.15, 0.2) is 0 Å². The van der Waals surface area contributed by atoms with E-state index in [4.69, 9.17) is 0 Å². The zero-order valence-corrected chi connectivity index (χ0v) is 13.6. The number of nitrogens with one attached hydrogen (secondary N) is 1. The summed E-state index contributed by atoms with van der Waals surface area (Å²) in [6.07, 6.45) is 8.32. The van der Waals surface area contributed by atoms with Gasteiger partial charge in [-0.1, -0.05) is 12.8 Å². The van der Waals surface area contributed by atoms with Gasteiger partial charge in [0.25, 0.3) is 5.91 Å². The number of nitrogens with zero attached hydrogens (tertiary/aromatic N) is 2. The molecular formula is C18H21N3O3. The minimum atomic E-state index is -0.840. The third-order valence-corrected chi connectivity index (χ3v) is 4.84. The molecule has 0 bridgehead atoms. The molecule has 1 aliphatic carbocycles. The van der Waals surface area contributed by atoms with E-state index < -0.39 is 17.4 Å². The van der Waals surface area contributed by atoms with E-state index in [1.165, 1.54) is 0 Å². The fourth-order valence-electron chi connectivity index (χ4n) is 3.41. The largest absolute Gasteiger partial charge is 0.481 e. The number of rotatable bonds is 4. The van der Waals surface area contributed by atoms with Crippen LogP contribution in [0.15, 0.2) is 43.0 Å². The average Bonchev–Trinajstić information content (AvgIpc) is 3.09. The maximum Gasteiger partial charge on any atom is 0.308 e. The molecule has 1 aromatic carbocycles. The van der Waals surface area contributed by atoms with Crippen molar-refractivity contribution >= 4 is 11.9 Å². The van der Waals surface area contributed by atoms with Crippen molar-refractivity contribution in [1.29, 1.82) is 0 Å². The summed E-state index contributed by atoms with van der Waals surface area (Å²) in [5.41, 5.74) is 0.732. The Labute approximate surface area is 140 Å². The summed E-state index contributed by atoms with van der Waals surface area (Å²) >= 11 is 0. The Balaban J connectivity index is 1.75. The molecule has 6 nitrogen and oxygen atoms in total. The van der Waals surface area contributed by atoms with Crippen LogP contribution in [-0.2, 0) is 4.79 Å². The van der Waals surface area contributed by atoms with Crippen LogP contribution in [0.2, 0.25) is 0 Å². The molecule has 0 saturated heterocycles. The molecule has 24 heavy (non-hydrogen) atoms. The lowest BCUT2D eigenvalue weighted by Crippen LogP contribution is -2.55. The zero-order valence-electron chi connectivity index (χ0n) is 13.6. The number of imidazole rings is 1. The summed E-state index contributed by atoms with van der Waals surface area (Å²) in [7, 11) is 0. The first kappa shape index (κ1) is 16.2. The summed E-state index contributed by atoms with van der Waals surface area (Å²) in [6.45, 7) is 1.84. The zero-order chi connectivity index (χ0) is 17.2. The molecule has 2 aromatic rings. The predicted molar refractivity (Wildman–Crippen MR) is 89.0 cm³/mol. The molecule has 0 aliphatic heterocycles. The van der Waals surface area contributed by atoms with Crippen LogP contribution in [0.4, 0.5) is 0 Å². The lowest BCUT2D eigenvalue weighted by molar-refractivity contribution is -0.145. The Kier molecular flexibility index (Phi) is 4.38. The summed E-state index contributed by atoms with van der Waals surface area (Å²) in [4.78, 5) is 28.1. The lowest BCUT2D eigenvalue weighted by Gasteiger charge is -2.39. The fraction of sp³-hybridized carbons (Fsp3) is 0.389. The van der Waals surface area contributed by atoms with Crippen molar-refractivity contribution in [2.45, 2.75) is 38.1 Å². The van der Waals surface area contributed by atoms with Gasteiger partial charge >= 0.3 is 5.97 Å². The van der Waals surface area contributed by atoms with Crippen LogP contribution in [0.1, 0.15) is 43.0 Å². The van der Waals surface area contributed by atoms with Gasteiger partial charge in [-0.15, -0.1) is 0 Å². The number of carbonyl (C=O) groups is 2. The van der Waals surface area contributed by atoms with Crippen molar-refractivity contribution in [3.8, 4) is 5.69 Å². The number of hydrogen-bond acceptors (Lipinski definition) is 3. The second-order valence-corrected chi connectivity index (χ2v) is 6.53. The number of hydrogen-bond donors (Lipinski definition) is 2. The lowest BCUT2D eigenvalue weighted by atomic mass is 9.73. The molecular weight excluding hydrogens is 306 g/mol. The van der Waals surface area contributed by atoms with Gasteiger partial charge in [-0.3, -0.25) is 9.59 Å². The number of carboxylic acids is 1. The summed E-state index contributed by atoms with van der Waals surface area (Å²) in [5.74, 6) is -1.61. The molecule has 6 heteroatoms. The van der Waals surface area contributed by atoms with Gasteiger partial charge in [0.1, 0.15) is 0 Å². The fourth-order valence-corrected chi connectivity index (χ4v) is 3.41. The monoisotopic (exact) mass is 327 g/mol. The Morgan fingerprint density at radius 3 is 2.67 bits per heavy atom. The molecule has 1 heterocycles. The third kappa shape index (κ3) is 3.18. The van der Waals surface area contributed by atoms with Gasteiger partial charge in [0.05, 0.1) is 17.8 Å². The van der Waals surface area contributed by atoms with Crippen molar-refractivity contribution < 1.29 is 14.7 Å². The predicted octanol–water partition coefficient (Wildman–Crippen LogP) is 2.64. The van der Waals surface area contributed by atoms with E-state index in [1.54, 1.807) is 24.7 Å². The van der Waals surface area contributed by atoms with Crippen molar-refractivity contribution in [3.63, 3.8) is 0 Å². The SMILES string of the molecule is CC1(NC(=O)c2ccc(-n3ccnc3)cc2)CCCCC1C(=O)O. The topological polar surface area (TPSA) is 84.2 Å². The Hall–Kier alpha value is -2.63. The van der Waals surface area contributed by atoms with Crippen molar-refractivity contribution in [2.75, 3.05) is 0 Å². The van der Waals surface area contributed by atoms with Crippen LogP contribution in [0, 0.1) is 5.92 Å². The minimum absolute atomic E-state index is 0.233. The summed E-state index contributed by atoms with van der Waals surface area (Å²) in [5, 5.41) is 12.4. The molecule has 2 N–H and O–H groups in total. The molecule has 1 saturated carbocycles. The second kappa shape index (κ2) is 6.47. The smallest absolute Gasteiger partial charge is 0.308 e. The van der Waals surface area contributed by atoms with E-state index in [0.29, 0.717) is 18.4 Å². The standard InChI is InChI=1S/C18H21N3O3/c1-18(9-3-2-4-15(18)17(23)24)20-16(22)13-5-7-14(8-6-13)21-11-10-19-12-21/h5-8,10-12,15H,2-4,9H2,1H3,(H,20,22)(H,23,24). The highest BCUT2D eigenvalue weighted by molar-refractivity contribution is 5.95. The summed E-state index contributed by atoms with van der Waals surface area (Å²) < 4.78 is 1.85. The summed E-state index contributed by atoms with van der Waals surface area (Å²) in [6, 6.07) is 7.17. The molecule has 1 aliphatic rings. The van der Waals surface area contributed by atoms with Crippen LogP contribution < -0.4 is 5.32 Å². The Morgan fingerprint density at radius 1 is 1.29 bits per heavy atom. The second-order valence-electron chi connectivity index (χ2n) is 6.53. The average molecular weight is 327 g/mol. The number of carboxylic acid groups (broad SMARTS) is 1. The number of carbonyl (C=O) groups excluding carboxylic acids is 1. The molecule has 2 atom stereocenters. The first-order chi connectivity index (χ1) is 11.5. The number of aromatic nitrogens is 2. The van der Waals surface area contributed by atoms with Gasteiger partial charge in [-0.25, -0.2) is 4.98 Å². The van der Waals surface area contributed by atoms with E-state index >= 15 is 0 Å². The van der Waals surface area contributed by atoms with Crippen molar-refractivity contribution in [3.05, 3.63) is 48.5 Å². The van der Waals surface area contributed by atoms with Crippen LogP contribution >= 0.6 is 0 Å². The molecule has 1 amide bonds. The van der Waals surface area contributed by atoms with Gasteiger partial charge in [-0.2, -0.15) is 0 Å². The van der Waals surface area contributed by atoms with Gasteiger partial charge in [0.2, 0.25) is 0 Å². The molecule has 2 unspecified atom stereocenters. The van der Waals surface area contributed by atoms with Crippen LogP contribution in [0.5, 0.6) is 0 Å². The highest BCUT2D eigenvalue weighted by Crippen LogP contribution is 2.34. The first-order valence-corrected chi connectivity index (χ1v) is 8.13. The van der Waals surface area contributed by atoms with E-state index in [-0.39, 0.29) is 5.91 Å². The molecule has 0 radical (unpaired) electrons. The van der Waals surface area contributed by atoms with E-state index in [9.17, 15) is 14.7 Å². The maximum atomic E-state index is 12.6. The van der Waals surface area contributed by atoms with Crippen molar-refractivity contribution in [1.82, 2.24) is 14.9 Å². The van der Waals surface area contributed by atoms with Crippen molar-refractivity contribution in [2.24, 2.45) is 5.92 Å². The highest BCUT2D eigenvalue weighted by Gasteiger charge is 2.42. The Morgan fingerprint density at radius 2 is 2.04 bits per heavy atom. The van der Waals surface area contributed by atoms with Crippen LogP contribution in [0.3, 0.4) is 0 Å². The van der Waals surface area contributed by atoms with Gasteiger partial charge in [-0.05, 0) is 44.0 Å². The highest BCUT2D eigenvalue weighted by atomic mass is 16.4. The van der Waals surface area contributed by atoms with Crippen LogP contribution in [-0.4, -0.2) is 32.1 Å². The molecule has 1 aromatic heterocycles. The van der Waals surface area contributed by atoms with E-state index in [0.717, 1.165) is 18.5 Å². The van der Waals surface area contributed by atoms with E-state index in [2.05, 4.69) is 10.3 Å². The molecule has 0 spiro atoms. The number of amides is 1. The third-order valence-electron chi connectivity index (χ3n) is 4.84. The van der Waals surface area contributed by atoms with E-state index in [1.807, 2.05) is 29.8 Å². The normalized spacial score (nSPS) is 23.6.